The van der Waals surface area contributed by atoms with E-state index in [2.05, 4.69) is 28.0 Å². The minimum Gasteiger partial charge on any atom is -0.388 e. The van der Waals surface area contributed by atoms with E-state index in [4.69, 9.17) is 5.73 Å². The van der Waals surface area contributed by atoms with Crippen molar-refractivity contribution in [2.24, 2.45) is 18.7 Å². The smallest absolute Gasteiger partial charge is 0.0847 e. The van der Waals surface area contributed by atoms with E-state index in [-0.39, 0.29) is 12.5 Å². The van der Waals surface area contributed by atoms with Crippen LogP contribution < -0.4 is 5.73 Å². The molecule has 1 atom stereocenters. The quantitative estimate of drug-likeness (QED) is 0.869. The fourth-order valence-electron chi connectivity index (χ4n) is 1.81. The van der Waals surface area contributed by atoms with Gasteiger partial charge < -0.3 is 10.8 Å². The first-order valence-corrected chi connectivity index (χ1v) is 6.77. The predicted molar refractivity (Wildman–Crippen MR) is 72.8 cm³/mol. The van der Waals surface area contributed by atoms with Crippen molar-refractivity contribution < 1.29 is 5.11 Å². The number of aliphatic hydroxyl groups is 1. The summed E-state index contributed by atoms with van der Waals surface area (Å²) >= 11 is 3.56. The number of aryl methyl sites for hydroxylation is 2. The number of hydrogen-bond donors (Lipinski definition) is 2. The number of aromatic nitrogens is 2. The van der Waals surface area contributed by atoms with Gasteiger partial charge in [-0.3, -0.25) is 4.68 Å². The Labute approximate surface area is 111 Å². The Morgan fingerprint density at radius 1 is 1.53 bits per heavy atom. The maximum Gasteiger partial charge on any atom is 0.0847 e. The summed E-state index contributed by atoms with van der Waals surface area (Å²) in [5.74, 6) is 0.111. The maximum absolute atomic E-state index is 10.5. The summed E-state index contributed by atoms with van der Waals surface area (Å²) in [6.07, 6.45) is 1.39. The zero-order chi connectivity index (χ0) is 13.2. The molecule has 4 nitrogen and oxygen atoms in total. The van der Waals surface area contributed by atoms with Gasteiger partial charge >= 0.3 is 0 Å². The monoisotopic (exact) mass is 303 g/mol. The van der Waals surface area contributed by atoms with Gasteiger partial charge in [0.1, 0.15) is 0 Å². The molecule has 17 heavy (non-hydrogen) atoms. The van der Waals surface area contributed by atoms with E-state index in [1.54, 1.807) is 0 Å². The van der Waals surface area contributed by atoms with Gasteiger partial charge in [0, 0.05) is 20.0 Å². The second kappa shape index (κ2) is 5.50. The fraction of sp³-hybridized carbons (Fsp3) is 0.750. The maximum atomic E-state index is 10.5. The van der Waals surface area contributed by atoms with Gasteiger partial charge in [0.15, 0.2) is 0 Å². The largest absolute Gasteiger partial charge is 0.388 e. The molecule has 98 valence electrons. The lowest BCUT2D eigenvalue weighted by atomic mass is 9.86. The van der Waals surface area contributed by atoms with E-state index in [0.717, 1.165) is 22.3 Å². The number of nitrogens with zero attached hydrogens (tertiary/aromatic N) is 2. The van der Waals surface area contributed by atoms with Crippen LogP contribution in [0.15, 0.2) is 4.47 Å². The van der Waals surface area contributed by atoms with Crippen molar-refractivity contribution in [3.63, 3.8) is 0 Å². The van der Waals surface area contributed by atoms with Crippen LogP contribution in [0.5, 0.6) is 0 Å². The Morgan fingerprint density at radius 2 is 2.12 bits per heavy atom. The van der Waals surface area contributed by atoms with Crippen LogP contribution in [0.3, 0.4) is 0 Å². The third-order valence-electron chi connectivity index (χ3n) is 3.40. The highest BCUT2D eigenvalue weighted by Gasteiger charge is 2.32. The molecule has 0 aromatic carbocycles. The average Bonchev–Trinajstić information content (AvgIpc) is 2.55. The molecule has 1 heterocycles. The SMILES string of the molecule is CCc1nn(C)c(CC(O)(CN)C(C)C)c1Br. The van der Waals surface area contributed by atoms with Crippen molar-refractivity contribution in [3.8, 4) is 0 Å². The Bertz CT molecular complexity index is 389. The van der Waals surface area contributed by atoms with Crippen molar-refractivity contribution >= 4 is 15.9 Å². The molecule has 0 fully saturated rings. The van der Waals surface area contributed by atoms with Gasteiger partial charge in [-0.2, -0.15) is 5.10 Å². The second-order valence-corrected chi connectivity index (χ2v) is 5.62. The molecule has 3 N–H and O–H groups in total. The lowest BCUT2D eigenvalue weighted by Crippen LogP contribution is -2.45. The molecular weight excluding hydrogens is 282 g/mol. The molecule has 0 amide bonds. The van der Waals surface area contributed by atoms with Gasteiger partial charge in [0.05, 0.1) is 21.5 Å². The molecule has 5 heteroatoms. The number of rotatable bonds is 5. The van der Waals surface area contributed by atoms with Crippen LogP contribution in [-0.4, -0.2) is 27.0 Å². The van der Waals surface area contributed by atoms with Crippen LogP contribution in [0.4, 0.5) is 0 Å². The van der Waals surface area contributed by atoms with Gasteiger partial charge in [-0.05, 0) is 28.3 Å². The summed E-state index contributed by atoms with van der Waals surface area (Å²) in [4.78, 5) is 0. The van der Waals surface area contributed by atoms with Gasteiger partial charge in [-0.15, -0.1) is 0 Å². The lowest BCUT2D eigenvalue weighted by molar-refractivity contribution is 0.00234. The topological polar surface area (TPSA) is 64.1 Å². The first-order chi connectivity index (χ1) is 7.85. The molecule has 0 radical (unpaired) electrons. The van der Waals surface area contributed by atoms with Gasteiger partial charge in [-0.25, -0.2) is 0 Å². The number of hydrogen-bond acceptors (Lipinski definition) is 3. The Morgan fingerprint density at radius 3 is 2.47 bits per heavy atom. The van der Waals surface area contributed by atoms with Gasteiger partial charge in [0.25, 0.3) is 0 Å². The molecule has 0 aliphatic carbocycles. The van der Waals surface area contributed by atoms with Crippen LogP contribution in [-0.2, 0) is 19.9 Å². The van der Waals surface area contributed by atoms with Crippen LogP contribution in [0, 0.1) is 5.92 Å². The minimum absolute atomic E-state index is 0.111. The van der Waals surface area contributed by atoms with Crippen molar-refractivity contribution in [1.29, 1.82) is 0 Å². The average molecular weight is 304 g/mol. The summed E-state index contributed by atoms with van der Waals surface area (Å²) in [7, 11) is 1.90. The Hall–Kier alpha value is -0.390. The second-order valence-electron chi connectivity index (χ2n) is 4.82. The molecule has 0 aliphatic rings. The number of halogens is 1. The zero-order valence-corrected chi connectivity index (χ0v) is 12.6. The summed E-state index contributed by atoms with van der Waals surface area (Å²) in [5.41, 5.74) is 6.85. The molecule has 0 spiro atoms. The van der Waals surface area contributed by atoms with Crippen LogP contribution in [0.1, 0.15) is 32.2 Å². The molecule has 0 aliphatic heterocycles. The number of nitrogens with two attached hydrogens (primary N) is 1. The van der Waals surface area contributed by atoms with E-state index < -0.39 is 5.60 Å². The molecule has 0 saturated heterocycles. The lowest BCUT2D eigenvalue weighted by Gasteiger charge is -2.30. The van der Waals surface area contributed by atoms with E-state index in [1.807, 2.05) is 25.6 Å². The molecule has 1 rings (SSSR count). The molecule has 1 aromatic heterocycles. The molecule has 0 bridgehead atoms. The predicted octanol–water partition coefficient (Wildman–Crippen LogP) is 1.63. The van der Waals surface area contributed by atoms with Crippen LogP contribution >= 0.6 is 15.9 Å². The summed E-state index contributed by atoms with van der Waals surface area (Å²) < 4.78 is 2.82. The van der Waals surface area contributed by atoms with Crippen molar-refractivity contribution in [1.82, 2.24) is 9.78 Å². The highest BCUT2D eigenvalue weighted by Crippen LogP contribution is 2.28. The van der Waals surface area contributed by atoms with Crippen molar-refractivity contribution in [2.75, 3.05) is 6.54 Å². The third-order valence-corrected chi connectivity index (χ3v) is 4.32. The van der Waals surface area contributed by atoms with Crippen LogP contribution in [0.2, 0.25) is 0 Å². The standard InChI is InChI=1S/C12H22BrN3O/c1-5-9-11(13)10(16(4)15-9)6-12(17,7-14)8(2)3/h8,17H,5-7,14H2,1-4H3. The summed E-state index contributed by atoms with van der Waals surface area (Å²) in [6.45, 7) is 6.29. The first-order valence-electron chi connectivity index (χ1n) is 5.98. The summed E-state index contributed by atoms with van der Waals surface area (Å²) in [6, 6.07) is 0. The molecule has 0 saturated carbocycles. The minimum atomic E-state index is -0.874. The van der Waals surface area contributed by atoms with E-state index >= 15 is 0 Å². The third kappa shape index (κ3) is 2.89. The first kappa shape index (κ1) is 14.7. The highest BCUT2D eigenvalue weighted by atomic mass is 79.9. The van der Waals surface area contributed by atoms with Crippen LogP contribution in [0.25, 0.3) is 0 Å². The highest BCUT2D eigenvalue weighted by molar-refractivity contribution is 9.10. The fourth-order valence-corrected chi connectivity index (χ4v) is 2.57. The van der Waals surface area contributed by atoms with E-state index in [0.29, 0.717) is 6.42 Å². The van der Waals surface area contributed by atoms with Gasteiger partial charge in [-0.1, -0.05) is 20.8 Å². The Balaban J connectivity index is 3.06. The van der Waals surface area contributed by atoms with Crippen molar-refractivity contribution in [3.05, 3.63) is 15.9 Å². The van der Waals surface area contributed by atoms with Gasteiger partial charge in [0.2, 0.25) is 0 Å². The normalized spacial score (nSPS) is 15.3. The summed E-state index contributed by atoms with van der Waals surface area (Å²) in [5, 5.41) is 14.9. The molecule has 1 aromatic rings. The molecule has 1 unspecified atom stereocenters. The zero-order valence-electron chi connectivity index (χ0n) is 11.0. The molecular formula is C12H22BrN3O. The van der Waals surface area contributed by atoms with E-state index in [1.165, 1.54) is 0 Å². The van der Waals surface area contributed by atoms with Crippen molar-refractivity contribution in [2.45, 2.75) is 39.2 Å². The van der Waals surface area contributed by atoms with E-state index in [9.17, 15) is 5.11 Å². The Kier molecular flexibility index (Phi) is 4.75.